The first-order valence-electron chi connectivity index (χ1n) is 12.9. The molecule has 0 bridgehead atoms. The molecule has 0 unspecified atom stereocenters. The number of hydrogen-bond donors (Lipinski definition) is 1. The van der Waals surface area contributed by atoms with Crippen LogP contribution in [-0.4, -0.2) is 65.6 Å². The van der Waals surface area contributed by atoms with Crippen LogP contribution in [0.5, 0.6) is 5.75 Å². The van der Waals surface area contributed by atoms with Crippen LogP contribution >= 0.6 is 11.6 Å². The summed E-state index contributed by atoms with van der Waals surface area (Å²) in [6, 6.07) is 13.6. The molecule has 0 aliphatic carbocycles. The van der Waals surface area contributed by atoms with Gasteiger partial charge in [-0.25, -0.2) is 0 Å². The lowest BCUT2D eigenvalue weighted by atomic mass is 9.77. The van der Waals surface area contributed by atoms with E-state index in [1.807, 2.05) is 66.1 Å². The van der Waals surface area contributed by atoms with E-state index in [1.54, 1.807) is 0 Å². The van der Waals surface area contributed by atoms with E-state index < -0.39 is 5.41 Å². The van der Waals surface area contributed by atoms with E-state index in [0.717, 1.165) is 40.3 Å². The minimum atomic E-state index is -0.473. The number of hydrogen-bond acceptors (Lipinski definition) is 4. The highest BCUT2D eigenvalue weighted by Crippen LogP contribution is 2.36. The van der Waals surface area contributed by atoms with E-state index in [4.69, 9.17) is 16.3 Å². The van der Waals surface area contributed by atoms with Gasteiger partial charge in [0, 0.05) is 43.0 Å². The van der Waals surface area contributed by atoms with Crippen LogP contribution in [0.15, 0.2) is 42.5 Å². The molecule has 2 aromatic carbocycles. The Labute approximate surface area is 219 Å². The van der Waals surface area contributed by atoms with Gasteiger partial charge in [0.05, 0.1) is 19.1 Å². The number of likely N-dealkylation sites (tertiary alicyclic amines) is 2. The lowest BCUT2D eigenvalue weighted by Gasteiger charge is -2.43. The minimum Gasteiger partial charge on any atom is -0.493 e. The van der Waals surface area contributed by atoms with Gasteiger partial charge in [-0.2, -0.15) is 0 Å². The van der Waals surface area contributed by atoms with Crippen LogP contribution in [0.25, 0.3) is 0 Å². The number of aryl methyl sites for hydroxylation is 2. The average molecular weight is 513 g/mol. The highest BCUT2D eigenvalue weighted by molar-refractivity contribution is 6.32. The molecule has 1 atom stereocenters. The molecule has 2 fully saturated rings. The summed E-state index contributed by atoms with van der Waals surface area (Å²) in [6.07, 6.45) is 3.21. The van der Waals surface area contributed by atoms with Crippen molar-refractivity contribution in [2.75, 3.05) is 32.8 Å². The van der Waals surface area contributed by atoms with Crippen molar-refractivity contribution >= 4 is 23.4 Å². The molecule has 0 radical (unpaired) electrons. The Morgan fingerprint density at radius 1 is 1.03 bits per heavy atom. The van der Waals surface area contributed by atoms with Crippen LogP contribution in [0, 0.1) is 19.3 Å². The quantitative estimate of drug-likeness (QED) is 0.590. The third-order valence-electron chi connectivity index (χ3n) is 7.51. The van der Waals surface area contributed by atoms with Crippen molar-refractivity contribution in [2.24, 2.45) is 5.41 Å². The lowest BCUT2D eigenvalue weighted by molar-refractivity contribution is -0.142. The second-order valence-corrected chi connectivity index (χ2v) is 10.9. The first-order valence-corrected chi connectivity index (χ1v) is 13.3. The molecule has 1 N–H and O–H groups in total. The molecule has 194 valence electrons. The van der Waals surface area contributed by atoms with Crippen molar-refractivity contribution in [1.82, 2.24) is 9.80 Å². The fraction of sp³-hybridized carbons (Fsp3) is 0.517. The van der Waals surface area contributed by atoms with E-state index in [9.17, 15) is 14.7 Å². The molecule has 2 aliphatic heterocycles. The van der Waals surface area contributed by atoms with E-state index in [0.29, 0.717) is 58.5 Å². The molecule has 2 aliphatic rings. The molecule has 2 heterocycles. The summed E-state index contributed by atoms with van der Waals surface area (Å²) in [5.74, 6) is 0.887. The first-order chi connectivity index (χ1) is 17.2. The molecule has 6 nitrogen and oxygen atoms in total. The zero-order valence-corrected chi connectivity index (χ0v) is 22.1. The van der Waals surface area contributed by atoms with Gasteiger partial charge in [0.25, 0.3) is 0 Å². The minimum absolute atomic E-state index is 0.0753. The van der Waals surface area contributed by atoms with Crippen molar-refractivity contribution in [3.05, 3.63) is 64.2 Å². The number of carbonyl (C=O) groups excluding carboxylic acids is 2. The second-order valence-electron chi connectivity index (χ2n) is 10.5. The summed E-state index contributed by atoms with van der Waals surface area (Å²) >= 11 is 6.34. The highest BCUT2D eigenvalue weighted by Gasteiger charge is 2.41. The molecule has 0 spiro atoms. The maximum Gasteiger partial charge on any atom is 0.227 e. The SMILES string of the molecule is Cc1cc(OC[C@]2(CC(=O)N3CCC(O)CC3)CCCN(C(=O)Cc3ccccc3)C2)cc(C)c1Cl. The predicted octanol–water partition coefficient (Wildman–Crippen LogP) is 4.56. The number of nitrogens with zero attached hydrogens (tertiary/aromatic N) is 2. The van der Waals surface area contributed by atoms with Crippen LogP contribution in [0.4, 0.5) is 0 Å². The lowest BCUT2D eigenvalue weighted by Crippen LogP contribution is -2.52. The zero-order chi connectivity index (χ0) is 25.7. The summed E-state index contributed by atoms with van der Waals surface area (Å²) in [5.41, 5.74) is 2.42. The van der Waals surface area contributed by atoms with Crippen LogP contribution in [0.3, 0.4) is 0 Å². The van der Waals surface area contributed by atoms with Gasteiger partial charge in [0.1, 0.15) is 5.75 Å². The van der Waals surface area contributed by atoms with E-state index in [1.165, 1.54) is 0 Å². The van der Waals surface area contributed by atoms with Gasteiger partial charge >= 0.3 is 0 Å². The van der Waals surface area contributed by atoms with Crippen molar-refractivity contribution in [1.29, 1.82) is 0 Å². The third-order valence-corrected chi connectivity index (χ3v) is 8.11. The summed E-state index contributed by atoms with van der Waals surface area (Å²) in [7, 11) is 0. The highest BCUT2D eigenvalue weighted by atomic mass is 35.5. The van der Waals surface area contributed by atoms with Crippen molar-refractivity contribution in [2.45, 2.75) is 58.5 Å². The van der Waals surface area contributed by atoms with Gasteiger partial charge in [0.2, 0.25) is 11.8 Å². The van der Waals surface area contributed by atoms with Crippen molar-refractivity contribution < 1.29 is 19.4 Å². The topological polar surface area (TPSA) is 70.1 Å². The number of piperidine rings is 2. The molecule has 4 rings (SSSR count). The van der Waals surface area contributed by atoms with Gasteiger partial charge < -0.3 is 19.6 Å². The molecular weight excluding hydrogens is 476 g/mol. The number of aliphatic hydroxyl groups excluding tert-OH is 1. The number of rotatable bonds is 7. The number of ether oxygens (including phenoxy) is 1. The largest absolute Gasteiger partial charge is 0.493 e. The van der Waals surface area contributed by atoms with E-state index in [2.05, 4.69) is 0 Å². The Morgan fingerprint density at radius 2 is 1.69 bits per heavy atom. The van der Waals surface area contributed by atoms with Gasteiger partial charge in [-0.3, -0.25) is 9.59 Å². The maximum absolute atomic E-state index is 13.4. The first kappa shape index (κ1) is 26.5. The maximum atomic E-state index is 13.4. The number of carbonyl (C=O) groups is 2. The van der Waals surface area contributed by atoms with Gasteiger partial charge in [-0.05, 0) is 68.4 Å². The van der Waals surface area contributed by atoms with Gasteiger partial charge in [-0.1, -0.05) is 41.9 Å². The fourth-order valence-electron chi connectivity index (χ4n) is 5.39. The Morgan fingerprint density at radius 3 is 2.36 bits per heavy atom. The Hall–Kier alpha value is -2.57. The summed E-state index contributed by atoms with van der Waals surface area (Å²) in [6.45, 7) is 6.59. The number of benzene rings is 2. The Bertz CT molecular complexity index is 1050. The summed E-state index contributed by atoms with van der Waals surface area (Å²) in [5, 5.41) is 10.6. The second kappa shape index (κ2) is 11.7. The standard InChI is InChI=1S/C29H37ClN2O4/c1-21-15-25(16-22(2)28(21)30)36-20-29(18-27(35)31-13-9-24(33)10-14-31)11-6-12-32(19-29)26(34)17-23-7-4-3-5-8-23/h3-5,7-8,15-16,24,33H,6,9-14,17-20H2,1-2H3/t29-/m0/s1. The smallest absolute Gasteiger partial charge is 0.227 e. The summed E-state index contributed by atoms with van der Waals surface area (Å²) in [4.78, 5) is 30.4. The van der Waals surface area contributed by atoms with Crippen LogP contribution < -0.4 is 4.74 Å². The molecular formula is C29H37ClN2O4. The van der Waals surface area contributed by atoms with Gasteiger partial charge in [0.15, 0.2) is 0 Å². The molecule has 2 saturated heterocycles. The summed E-state index contributed by atoms with van der Waals surface area (Å²) < 4.78 is 6.31. The number of halogens is 1. The van der Waals surface area contributed by atoms with Crippen LogP contribution in [-0.2, 0) is 16.0 Å². The molecule has 2 amide bonds. The molecule has 36 heavy (non-hydrogen) atoms. The molecule has 0 saturated carbocycles. The van der Waals surface area contributed by atoms with Crippen molar-refractivity contribution in [3.8, 4) is 5.75 Å². The van der Waals surface area contributed by atoms with E-state index >= 15 is 0 Å². The van der Waals surface area contributed by atoms with Crippen molar-refractivity contribution in [3.63, 3.8) is 0 Å². The van der Waals surface area contributed by atoms with Crippen LogP contribution in [0.2, 0.25) is 5.02 Å². The van der Waals surface area contributed by atoms with Gasteiger partial charge in [-0.15, -0.1) is 0 Å². The Balaban J connectivity index is 1.51. The molecule has 0 aromatic heterocycles. The molecule has 7 heteroatoms. The third kappa shape index (κ3) is 6.60. The number of aliphatic hydroxyl groups is 1. The van der Waals surface area contributed by atoms with E-state index in [-0.39, 0.29) is 17.9 Å². The average Bonchev–Trinajstić information content (AvgIpc) is 2.87. The molecule has 2 aromatic rings. The predicted molar refractivity (Wildman–Crippen MR) is 141 cm³/mol. The number of amides is 2. The fourth-order valence-corrected chi connectivity index (χ4v) is 5.50. The zero-order valence-electron chi connectivity index (χ0n) is 21.3. The normalized spacial score (nSPS) is 20.9. The Kier molecular flexibility index (Phi) is 8.58. The van der Waals surface area contributed by atoms with Crippen LogP contribution in [0.1, 0.15) is 48.8 Å². The monoisotopic (exact) mass is 512 g/mol.